The van der Waals surface area contributed by atoms with E-state index in [4.69, 9.17) is 11.6 Å². The van der Waals surface area contributed by atoms with Gasteiger partial charge in [-0.05, 0) is 43.7 Å². The molecule has 3 aliphatic rings. The third-order valence-corrected chi connectivity index (χ3v) is 10.8. The molecule has 1 aromatic rings. The minimum atomic E-state index is -0.744. The van der Waals surface area contributed by atoms with Crippen LogP contribution in [0.5, 0.6) is 0 Å². The minimum absolute atomic E-state index is 0.0132. The standard InChI is InChI=1S/C30H40ClN3O4S/c1-5-14-32(15-6-2)27(36)24-23-19-20(4)30(39-23)25(24)28(37)34(17-10-11-18-35)26(30)29(38)33(16-7-3)22-13-9-8-12-21(22)31/h5,7-9,12-13,20,23-26,35H,1,3,6,10-11,14-19H2,2,4H3/t20?,23-,24+,25-,26?,30?/m0/s1. The zero-order valence-corrected chi connectivity index (χ0v) is 24.5. The normalized spacial score (nSPS) is 28.9. The van der Waals surface area contributed by atoms with E-state index in [9.17, 15) is 19.5 Å². The van der Waals surface area contributed by atoms with E-state index in [2.05, 4.69) is 20.1 Å². The Morgan fingerprint density at radius 1 is 1.21 bits per heavy atom. The number of likely N-dealkylation sites (tertiary alicyclic amines) is 1. The molecule has 0 radical (unpaired) electrons. The van der Waals surface area contributed by atoms with Crippen LogP contribution >= 0.6 is 23.4 Å². The molecule has 4 rings (SSSR count). The monoisotopic (exact) mass is 573 g/mol. The average Bonchev–Trinajstić information content (AvgIpc) is 3.51. The number of fused-ring (bicyclic) bond motifs is 1. The molecule has 6 atom stereocenters. The first kappa shape index (κ1) is 29.7. The molecule has 0 aliphatic carbocycles. The summed E-state index contributed by atoms with van der Waals surface area (Å²) in [6.45, 7) is 13.5. The second-order valence-corrected chi connectivity index (χ2v) is 12.7. The first-order valence-corrected chi connectivity index (χ1v) is 15.2. The number of aliphatic hydroxyl groups excluding tert-OH is 1. The van der Waals surface area contributed by atoms with Crippen LogP contribution in [0.2, 0.25) is 5.02 Å². The van der Waals surface area contributed by atoms with Gasteiger partial charge in [-0.2, -0.15) is 0 Å². The number of benzene rings is 1. The third kappa shape index (κ3) is 5.04. The van der Waals surface area contributed by atoms with Crippen molar-refractivity contribution < 1.29 is 19.5 Å². The summed E-state index contributed by atoms with van der Waals surface area (Å²) in [5.74, 6) is -1.33. The molecule has 3 saturated heterocycles. The lowest BCUT2D eigenvalue weighted by Gasteiger charge is -2.41. The Morgan fingerprint density at radius 3 is 2.56 bits per heavy atom. The maximum Gasteiger partial charge on any atom is 0.251 e. The molecular formula is C30H40ClN3O4S. The number of hydrogen-bond donors (Lipinski definition) is 1. The number of hydrogen-bond acceptors (Lipinski definition) is 5. The van der Waals surface area contributed by atoms with Gasteiger partial charge >= 0.3 is 0 Å². The molecule has 1 N–H and O–H groups in total. The van der Waals surface area contributed by atoms with Crippen LogP contribution < -0.4 is 4.90 Å². The van der Waals surface area contributed by atoms with Crippen molar-refractivity contribution in [3.8, 4) is 0 Å². The highest BCUT2D eigenvalue weighted by Crippen LogP contribution is 2.69. The van der Waals surface area contributed by atoms with Crippen molar-refractivity contribution in [2.24, 2.45) is 17.8 Å². The van der Waals surface area contributed by atoms with E-state index >= 15 is 0 Å². The van der Waals surface area contributed by atoms with E-state index in [0.29, 0.717) is 43.2 Å². The van der Waals surface area contributed by atoms with Gasteiger partial charge in [0.15, 0.2) is 0 Å². The Morgan fingerprint density at radius 2 is 1.92 bits per heavy atom. The van der Waals surface area contributed by atoms with Crippen molar-refractivity contribution in [1.82, 2.24) is 9.80 Å². The topological polar surface area (TPSA) is 81.2 Å². The molecule has 0 aromatic heterocycles. The predicted molar refractivity (Wildman–Crippen MR) is 158 cm³/mol. The van der Waals surface area contributed by atoms with Gasteiger partial charge < -0.3 is 19.8 Å². The van der Waals surface area contributed by atoms with E-state index in [0.717, 1.165) is 12.8 Å². The third-order valence-electron chi connectivity index (χ3n) is 8.45. The molecule has 7 nitrogen and oxygen atoms in total. The number of amides is 3. The first-order chi connectivity index (χ1) is 18.8. The highest BCUT2D eigenvalue weighted by Gasteiger charge is 2.76. The van der Waals surface area contributed by atoms with Crippen LogP contribution in [0, 0.1) is 17.8 Å². The smallest absolute Gasteiger partial charge is 0.251 e. The number of aliphatic hydroxyl groups is 1. The number of halogens is 1. The summed E-state index contributed by atoms with van der Waals surface area (Å²) in [5, 5.41) is 9.86. The van der Waals surface area contributed by atoms with Gasteiger partial charge in [0.1, 0.15) is 6.04 Å². The van der Waals surface area contributed by atoms with E-state index < -0.39 is 22.6 Å². The highest BCUT2D eigenvalue weighted by molar-refractivity contribution is 8.02. The van der Waals surface area contributed by atoms with Gasteiger partial charge in [0, 0.05) is 38.0 Å². The maximum atomic E-state index is 14.6. The number of para-hydroxylation sites is 1. The molecule has 1 spiro atoms. The molecule has 3 aliphatic heterocycles. The van der Waals surface area contributed by atoms with Crippen LogP contribution in [-0.4, -0.2) is 81.5 Å². The fourth-order valence-corrected chi connectivity index (χ4v) is 9.54. The lowest BCUT2D eigenvalue weighted by Crippen LogP contribution is -2.57. The lowest BCUT2D eigenvalue weighted by molar-refractivity contribution is -0.144. The van der Waals surface area contributed by atoms with Crippen molar-refractivity contribution in [2.45, 2.75) is 55.6 Å². The SMILES string of the molecule is C=CCN(CCC)C(=O)[C@@H]1[C@@H]2CC(C)C3(S2)C(C(=O)N(CC=C)c2ccccc2Cl)N(CCCCO)C(=O)[C@H]13. The van der Waals surface area contributed by atoms with Gasteiger partial charge in [0.25, 0.3) is 5.91 Å². The van der Waals surface area contributed by atoms with E-state index in [1.807, 2.05) is 24.0 Å². The van der Waals surface area contributed by atoms with Crippen molar-refractivity contribution in [1.29, 1.82) is 0 Å². The molecule has 3 fully saturated rings. The molecule has 0 saturated carbocycles. The Kier molecular flexibility index (Phi) is 9.50. The van der Waals surface area contributed by atoms with Gasteiger partial charge in [-0.15, -0.1) is 24.9 Å². The highest BCUT2D eigenvalue weighted by atomic mass is 35.5. The Labute approximate surface area is 241 Å². The van der Waals surface area contributed by atoms with Crippen molar-refractivity contribution in [2.75, 3.05) is 37.7 Å². The van der Waals surface area contributed by atoms with Crippen LogP contribution in [-0.2, 0) is 14.4 Å². The van der Waals surface area contributed by atoms with Crippen LogP contribution in [0.3, 0.4) is 0 Å². The van der Waals surface area contributed by atoms with E-state index in [1.54, 1.807) is 45.8 Å². The Bertz CT molecular complexity index is 1120. The summed E-state index contributed by atoms with van der Waals surface area (Å²) in [6, 6.07) is 6.45. The van der Waals surface area contributed by atoms with E-state index in [-0.39, 0.29) is 42.0 Å². The van der Waals surface area contributed by atoms with Crippen LogP contribution in [0.1, 0.15) is 39.5 Å². The lowest BCUT2D eigenvalue weighted by atomic mass is 9.65. The van der Waals surface area contributed by atoms with Crippen molar-refractivity contribution in [3.63, 3.8) is 0 Å². The first-order valence-electron chi connectivity index (χ1n) is 13.9. The number of rotatable bonds is 13. The second-order valence-electron chi connectivity index (χ2n) is 10.8. The molecule has 212 valence electrons. The average molecular weight is 574 g/mol. The summed E-state index contributed by atoms with van der Waals surface area (Å²) >= 11 is 8.22. The summed E-state index contributed by atoms with van der Waals surface area (Å²) in [7, 11) is 0. The minimum Gasteiger partial charge on any atom is -0.396 e. The van der Waals surface area contributed by atoms with Gasteiger partial charge in [0.2, 0.25) is 11.8 Å². The number of carbonyl (C=O) groups excluding carboxylic acids is 3. The van der Waals surface area contributed by atoms with Crippen molar-refractivity contribution in [3.05, 3.63) is 54.6 Å². The number of carbonyl (C=O) groups is 3. The fraction of sp³-hybridized carbons (Fsp3) is 0.567. The molecule has 3 amide bonds. The summed E-state index contributed by atoms with van der Waals surface area (Å²) in [5.41, 5.74) is 0.574. The predicted octanol–water partition coefficient (Wildman–Crippen LogP) is 4.39. The molecule has 2 bridgehead atoms. The number of unbranched alkanes of at least 4 members (excludes halogenated alkanes) is 1. The number of anilines is 1. The molecule has 1 aromatic carbocycles. The largest absolute Gasteiger partial charge is 0.396 e. The molecule has 39 heavy (non-hydrogen) atoms. The maximum absolute atomic E-state index is 14.6. The van der Waals surface area contributed by atoms with Gasteiger partial charge in [-0.1, -0.05) is 49.7 Å². The van der Waals surface area contributed by atoms with Crippen LogP contribution in [0.15, 0.2) is 49.6 Å². The summed E-state index contributed by atoms with van der Waals surface area (Å²) in [6.07, 6.45) is 6.08. The van der Waals surface area contributed by atoms with Crippen LogP contribution in [0.4, 0.5) is 5.69 Å². The van der Waals surface area contributed by atoms with Gasteiger partial charge in [-0.25, -0.2) is 0 Å². The number of thioether (sulfide) groups is 1. The Hall–Kier alpha value is -2.29. The summed E-state index contributed by atoms with van der Waals surface area (Å²) < 4.78 is -0.717. The van der Waals surface area contributed by atoms with Gasteiger partial charge in [0.05, 0.1) is 27.3 Å². The van der Waals surface area contributed by atoms with Gasteiger partial charge in [-0.3, -0.25) is 14.4 Å². The summed E-state index contributed by atoms with van der Waals surface area (Å²) in [4.78, 5) is 48.1. The Balaban J connectivity index is 1.80. The molecule has 3 unspecified atom stereocenters. The zero-order valence-electron chi connectivity index (χ0n) is 22.9. The van der Waals surface area contributed by atoms with Crippen molar-refractivity contribution >= 4 is 46.8 Å². The molecular weight excluding hydrogens is 534 g/mol. The fourth-order valence-electron chi connectivity index (χ4n) is 6.90. The molecule has 3 heterocycles. The zero-order chi connectivity index (χ0) is 28.3. The quantitative estimate of drug-likeness (QED) is 0.280. The second kappa shape index (κ2) is 12.5. The molecule has 9 heteroatoms. The van der Waals surface area contributed by atoms with E-state index in [1.165, 1.54) is 0 Å². The van der Waals surface area contributed by atoms with Crippen LogP contribution in [0.25, 0.3) is 0 Å². The number of nitrogens with zero attached hydrogens (tertiary/aromatic N) is 3.